The molecule has 0 rings (SSSR count). The van der Waals surface area contributed by atoms with E-state index in [0.717, 1.165) is 77.0 Å². The maximum atomic E-state index is 12.3. The zero-order valence-corrected chi connectivity index (χ0v) is 29.4. The monoisotopic (exact) mass is 656 g/mol. The van der Waals surface area contributed by atoms with Crippen LogP contribution in [0.5, 0.6) is 0 Å². The van der Waals surface area contributed by atoms with E-state index in [2.05, 4.69) is 54.8 Å². The number of carbonyl (C=O) groups excluding carboxylic acids is 2. The molecule has 1 atom stereocenters. The van der Waals surface area contributed by atoms with Crippen molar-refractivity contribution >= 4 is 19.8 Å². The summed E-state index contributed by atoms with van der Waals surface area (Å²) in [7, 11) is -4.75. The van der Waals surface area contributed by atoms with Gasteiger partial charge in [-0.3, -0.25) is 14.1 Å². The molecule has 45 heavy (non-hydrogen) atoms. The average Bonchev–Trinajstić information content (AvgIpc) is 3.00. The molecule has 0 aliphatic heterocycles. The molecule has 0 unspecified atom stereocenters. The molecule has 0 amide bonds. The van der Waals surface area contributed by atoms with Gasteiger partial charge in [0.15, 0.2) is 6.10 Å². The van der Waals surface area contributed by atoms with Gasteiger partial charge in [0.2, 0.25) is 0 Å². The Balaban J connectivity index is 4.04. The van der Waals surface area contributed by atoms with Crippen LogP contribution < -0.4 is 0 Å². The fraction of sp³-hybridized carbons (Fsp3) is 0.778. The number of phosphoric acid groups is 1. The van der Waals surface area contributed by atoms with E-state index in [9.17, 15) is 14.2 Å². The quantitative estimate of drug-likeness (QED) is 0.0318. The van der Waals surface area contributed by atoms with Crippen LogP contribution in [0.15, 0.2) is 36.5 Å². The van der Waals surface area contributed by atoms with Crippen LogP contribution in [-0.4, -0.2) is 41.0 Å². The van der Waals surface area contributed by atoms with Crippen molar-refractivity contribution < 1.29 is 37.9 Å². The second-order valence-electron chi connectivity index (χ2n) is 11.8. The topological polar surface area (TPSA) is 119 Å². The van der Waals surface area contributed by atoms with Gasteiger partial charge >= 0.3 is 19.8 Å². The predicted octanol–water partition coefficient (Wildman–Crippen LogP) is 10.2. The van der Waals surface area contributed by atoms with Gasteiger partial charge in [0, 0.05) is 12.8 Å². The van der Waals surface area contributed by atoms with Gasteiger partial charge in [-0.2, -0.15) is 0 Å². The van der Waals surface area contributed by atoms with Gasteiger partial charge in [0.1, 0.15) is 6.61 Å². The molecule has 0 aromatic carbocycles. The SMILES string of the molecule is CCCCC/C=C/C/C=C/CCCCCCCC(=O)O[C@H](COC(=O)CCCCCCC/C=C/CCCCC)COP(=O)(O)O. The molecular weight excluding hydrogens is 591 g/mol. The molecule has 0 aromatic rings. The number of esters is 2. The highest BCUT2D eigenvalue weighted by molar-refractivity contribution is 7.46. The summed E-state index contributed by atoms with van der Waals surface area (Å²) in [5.41, 5.74) is 0. The Bertz CT molecular complexity index is 833. The first-order chi connectivity index (χ1) is 21.8. The molecule has 0 aliphatic carbocycles. The first-order valence-electron chi connectivity index (χ1n) is 17.8. The zero-order valence-electron chi connectivity index (χ0n) is 28.5. The third-order valence-corrected chi connectivity index (χ3v) is 7.87. The maximum Gasteiger partial charge on any atom is 0.469 e. The lowest BCUT2D eigenvalue weighted by Gasteiger charge is -2.18. The summed E-state index contributed by atoms with van der Waals surface area (Å²) in [6, 6.07) is 0. The minimum Gasteiger partial charge on any atom is -0.462 e. The second-order valence-corrected chi connectivity index (χ2v) is 13.1. The lowest BCUT2D eigenvalue weighted by atomic mass is 10.1. The Labute approximate surface area is 274 Å². The van der Waals surface area contributed by atoms with Crippen molar-refractivity contribution in [2.75, 3.05) is 13.2 Å². The molecule has 9 heteroatoms. The molecule has 0 bridgehead atoms. The molecule has 0 saturated carbocycles. The molecule has 0 aliphatic rings. The van der Waals surface area contributed by atoms with Crippen LogP contribution in [0.2, 0.25) is 0 Å². The van der Waals surface area contributed by atoms with Crippen LogP contribution in [0.1, 0.15) is 162 Å². The minimum absolute atomic E-state index is 0.194. The first kappa shape index (κ1) is 43.3. The number of rotatable bonds is 32. The van der Waals surface area contributed by atoms with E-state index in [0.29, 0.717) is 12.8 Å². The van der Waals surface area contributed by atoms with Crippen molar-refractivity contribution in [3.05, 3.63) is 36.5 Å². The van der Waals surface area contributed by atoms with Gasteiger partial charge in [-0.1, -0.05) is 115 Å². The minimum atomic E-state index is -4.75. The van der Waals surface area contributed by atoms with Gasteiger partial charge in [-0.25, -0.2) is 4.57 Å². The maximum absolute atomic E-state index is 12.3. The summed E-state index contributed by atoms with van der Waals surface area (Å²) >= 11 is 0. The number of hydrogen-bond donors (Lipinski definition) is 2. The van der Waals surface area contributed by atoms with Crippen molar-refractivity contribution in [2.24, 2.45) is 0 Å². The van der Waals surface area contributed by atoms with E-state index in [1.54, 1.807) is 0 Å². The van der Waals surface area contributed by atoms with E-state index in [1.165, 1.54) is 44.9 Å². The molecule has 262 valence electrons. The van der Waals surface area contributed by atoms with Crippen LogP contribution in [0.25, 0.3) is 0 Å². The lowest BCUT2D eigenvalue weighted by Crippen LogP contribution is -2.29. The fourth-order valence-electron chi connectivity index (χ4n) is 4.69. The lowest BCUT2D eigenvalue weighted by molar-refractivity contribution is -0.161. The highest BCUT2D eigenvalue weighted by Gasteiger charge is 2.22. The summed E-state index contributed by atoms with van der Waals surface area (Å²) < 4.78 is 26.2. The number of unbranched alkanes of at least 4 members (excludes halogenated alkanes) is 16. The predicted molar refractivity (Wildman–Crippen MR) is 184 cm³/mol. The van der Waals surface area contributed by atoms with Crippen LogP contribution in [0.3, 0.4) is 0 Å². The van der Waals surface area contributed by atoms with Crippen molar-refractivity contribution in [1.82, 2.24) is 0 Å². The molecule has 8 nitrogen and oxygen atoms in total. The second kappa shape index (κ2) is 32.2. The first-order valence-corrected chi connectivity index (χ1v) is 19.3. The van der Waals surface area contributed by atoms with Crippen LogP contribution >= 0.6 is 7.82 Å². The average molecular weight is 657 g/mol. The number of phosphoric ester groups is 1. The van der Waals surface area contributed by atoms with E-state index < -0.39 is 32.5 Å². The van der Waals surface area contributed by atoms with Crippen LogP contribution in [0, 0.1) is 0 Å². The number of hydrogen-bond acceptors (Lipinski definition) is 6. The Morgan fingerprint density at radius 2 is 1.00 bits per heavy atom. The smallest absolute Gasteiger partial charge is 0.462 e. The number of carbonyl (C=O) groups is 2. The molecule has 0 spiro atoms. The Morgan fingerprint density at radius 1 is 0.578 bits per heavy atom. The van der Waals surface area contributed by atoms with Crippen molar-refractivity contribution in [2.45, 2.75) is 168 Å². The third-order valence-electron chi connectivity index (χ3n) is 7.38. The molecule has 0 fully saturated rings. The Kier molecular flexibility index (Phi) is 31.0. The van der Waals surface area contributed by atoms with Crippen LogP contribution in [-0.2, 0) is 28.2 Å². The van der Waals surface area contributed by atoms with Crippen molar-refractivity contribution in [1.29, 1.82) is 0 Å². The van der Waals surface area contributed by atoms with E-state index in [4.69, 9.17) is 19.3 Å². The zero-order chi connectivity index (χ0) is 33.3. The van der Waals surface area contributed by atoms with Crippen LogP contribution in [0.4, 0.5) is 0 Å². The molecule has 0 aromatic heterocycles. The highest BCUT2D eigenvalue weighted by Crippen LogP contribution is 2.35. The summed E-state index contributed by atoms with van der Waals surface area (Å²) in [6.07, 6.45) is 35.8. The van der Waals surface area contributed by atoms with E-state index in [1.807, 2.05) is 0 Å². The van der Waals surface area contributed by atoms with Gasteiger partial charge < -0.3 is 19.3 Å². The third kappa shape index (κ3) is 35.0. The van der Waals surface area contributed by atoms with Gasteiger partial charge in [-0.15, -0.1) is 0 Å². The highest BCUT2D eigenvalue weighted by atomic mass is 31.2. The summed E-state index contributed by atoms with van der Waals surface area (Å²) in [4.78, 5) is 42.6. The molecular formula is C36H65O8P. The Hall–Kier alpha value is -1.73. The summed E-state index contributed by atoms with van der Waals surface area (Å²) in [5.74, 6) is -0.914. The summed E-state index contributed by atoms with van der Waals surface area (Å²) in [6.45, 7) is 3.59. The normalized spacial score (nSPS) is 12.9. The number of ether oxygens (including phenoxy) is 2. The fourth-order valence-corrected chi connectivity index (χ4v) is 5.05. The largest absolute Gasteiger partial charge is 0.469 e. The van der Waals surface area contributed by atoms with Crippen molar-refractivity contribution in [3.8, 4) is 0 Å². The van der Waals surface area contributed by atoms with Crippen molar-refractivity contribution in [3.63, 3.8) is 0 Å². The van der Waals surface area contributed by atoms with Gasteiger partial charge in [0.25, 0.3) is 0 Å². The molecule has 2 N–H and O–H groups in total. The van der Waals surface area contributed by atoms with Gasteiger partial charge in [0.05, 0.1) is 6.61 Å². The number of allylic oxidation sites excluding steroid dienone is 6. The Morgan fingerprint density at radius 3 is 1.49 bits per heavy atom. The molecule has 0 radical (unpaired) electrons. The van der Waals surface area contributed by atoms with E-state index in [-0.39, 0.29) is 19.4 Å². The molecule has 0 heterocycles. The summed E-state index contributed by atoms with van der Waals surface area (Å²) in [5, 5.41) is 0. The van der Waals surface area contributed by atoms with Gasteiger partial charge in [-0.05, 0) is 70.6 Å². The molecule has 0 saturated heterocycles. The van der Waals surface area contributed by atoms with E-state index >= 15 is 0 Å². The standard InChI is InChI=1S/C36H65O8P/c1-3-5-7-9-11-13-15-17-18-19-21-23-25-27-29-31-36(38)44-34(33-43-45(39,40)41)32-42-35(37)30-28-26-24-22-20-16-14-12-10-8-6-4-2/h11-14,17-18,34H,3-10,15-16,19-33H2,1-2H3,(H2,39,40,41)/b13-11+,14-12+,18-17+/t34-/m1/s1.